The molecule has 5 rings (SSSR count). The normalized spacial score (nSPS) is 20.2. The quantitative estimate of drug-likeness (QED) is 0.588. The smallest absolute Gasteiger partial charge is 0.407 e. The molecule has 1 saturated heterocycles. The van der Waals surface area contributed by atoms with E-state index in [1.165, 1.54) is 27.8 Å². The molecule has 0 radical (unpaired) electrons. The number of benzene rings is 3. The van der Waals surface area contributed by atoms with Gasteiger partial charge >= 0.3 is 6.09 Å². The number of aliphatic hydroxyl groups is 1. The van der Waals surface area contributed by atoms with Crippen LogP contribution < -0.4 is 5.32 Å². The highest BCUT2D eigenvalue weighted by atomic mass is 16.5. The van der Waals surface area contributed by atoms with Crippen LogP contribution in [0, 0.1) is 0 Å². The highest BCUT2D eigenvalue weighted by Crippen LogP contribution is 2.44. The molecule has 1 aliphatic heterocycles. The molecule has 0 spiro atoms. The standard InChI is InChI=1S/C28H30N2O3/c31-20-28(15-8-16-30(19-28)17-21-9-2-1-3-10-21)29-27(32)33-18-26-24-13-6-4-11-22(24)23-12-5-7-14-25(23)26/h1-7,9-14,26,31H,8,15-20H2,(H,29,32). The van der Waals surface area contributed by atoms with E-state index in [-0.39, 0.29) is 19.1 Å². The topological polar surface area (TPSA) is 61.8 Å². The molecule has 3 aromatic rings. The number of aliphatic hydroxyl groups excluding tert-OH is 1. The summed E-state index contributed by atoms with van der Waals surface area (Å²) in [5, 5.41) is 13.2. The molecule has 5 heteroatoms. The fourth-order valence-corrected chi connectivity index (χ4v) is 5.33. The van der Waals surface area contributed by atoms with Crippen molar-refractivity contribution in [3.63, 3.8) is 0 Å². The fraction of sp³-hybridized carbons (Fsp3) is 0.321. The van der Waals surface area contributed by atoms with Gasteiger partial charge in [-0.05, 0) is 47.2 Å². The van der Waals surface area contributed by atoms with Crippen molar-refractivity contribution in [3.8, 4) is 11.1 Å². The third-order valence-corrected chi connectivity index (χ3v) is 6.92. The van der Waals surface area contributed by atoms with Crippen LogP contribution in [0.1, 0.15) is 35.4 Å². The number of alkyl carbamates (subject to hydrolysis) is 1. The van der Waals surface area contributed by atoms with Crippen LogP contribution in [0.15, 0.2) is 78.9 Å². The van der Waals surface area contributed by atoms with Crippen LogP contribution >= 0.6 is 0 Å². The van der Waals surface area contributed by atoms with Crippen LogP contribution in [0.5, 0.6) is 0 Å². The van der Waals surface area contributed by atoms with Gasteiger partial charge in [-0.15, -0.1) is 0 Å². The summed E-state index contributed by atoms with van der Waals surface area (Å²) >= 11 is 0. The van der Waals surface area contributed by atoms with Crippen molar-refractivity contribution in [1.29, 1.82) is 0 Å². The zero-order valence-corrected chi connectivity index (χ0v) is 18.7. The molecule has 0 aromatic heterocycles. The SMILES string of the molecule is O=C(NC1(CO)CCCN(Cc2ccccc2)C1)OCC1c2ccccc2-c2ccccc21. The first-order valence-corrected chi connectivity index (χ1v) is 11.7. The van der Waals surface area contributed by atoms with Gasteiger partial charge in [0.2, 0.25) is 0 Å². The van der Waals surface area contributed by atoms with Crippen LogP contribution in [0.4, 0.5) is 4.79 Å². The summed E-state index contributed by atoms with van der Waals surface area (Å²) in [7, 11) is 0. The second kappa shape index (κ2) is 9.38. The van der Waals surface area contributed by atoms with Crippen LogP contribution in [0.25, 0.3) is 11.1 Å². The van der Waals surface area contributed by atoms with E-state index in [1.807, 2.05) is 42.5 Å². The first-order chi connectivity index (χ1) is 16.2. The summed E-state index contributed by atoms with van der Waals surface area (Å²) in [6, 6.07) is 26.9. The van der Waals surface area contributed by atoms with Gasteiger partial charge in [-0.1, -0.05) is 78.9 Å². The molecule has 1 amide bonds. The van der Waals surface area contributed by atoms with Crippen molar-refractivity contribution >= 4 is 6.09 Å². The lowest BCUT2D eigenvalue weighted by Crippen LogP contribution is -2.60. The van der Waals surface area contributed by atoms with E-state index in [1.54, 1.807) is 0 Å². The predicted octanol–water partition coefficient (Wildman–Crippen LogP) is 4.55. The third-order valence-electron chi connectivity index (χ3n) is 6.92. The van der Waals surface area contributed by atoms with Gasteiger partial charge in [-0.25, -0.2) is 4.79 Å². The lowest BCUT2D eigenvalue weighted by atomic mass is 9.89. The Morgan fingerprint density at radius 2 is 1.61 bits per heavy atom. The van der Waals surface area contributed by atoms with Crippen molar-refractivity contribution < 1.29 is 14.6 Å². The molecule has 0 saturated carbocycles. The van der Waals surface area contributed by atoms with E-state index >= 15 is 0 Å². The maximum Gasteiger partial charge on any atom is 0.407 e. The number of piperidine rings is 1. The Balaban J connectivity index is 1.24. The summed E-state index contributed by atoms with van der Waals surface area (Å²) in [5.74, 6) is 0.0224. The maximum absolute atomic E-state index is 12.9. The highest BCUT2D eigenvalue weighted by molar-refractivity contribution is 5.79. The number of fused-ring (bicyclic) bond motifs is 3. The third kappa shape index (κ3) is 4.52. The highest BCUT2D eigenvalue weighted by Gasteiger charge is 2.37. The van der Waals surface area contributed by atoms with Crippen LogP contribution in [-0.4, -0.2) is 47.9 Å². The Morgan fingerprint density at radius 1 is 0.970 bits per heavy atom. The molecule has 1 unspecified atom stereocenters. The number of carbonyl (C=O) groups excluding carboxylic acids is 1. The van der Waals surface area contributed by atoms with E-state index in [9.17, 15) is 9.90 Å². The molecular weight excluding hydrogens is 412 g/mol. The van der Waals surface area contributed by atoms with Gasteiger partial charge in [0.25, 0.3) is 0 Å². The van der Waals surface area contributed by atoms with E-state index < -0.39 is 11.6 Å². The molecule has 5 nitrogen and oxygen atoms in total. The largest absolute Gasteiger partial charge is 0.449 e. The number of rotatable bonds is 6. The van der Waals surface area contributed by atoms with Crippen LogP contribution in [0.2, 0.25) is 0 Å². The second-order valence-corrected chi connectivity index (χ2v) is 9.19. The Kier molecular flexibility index (Phi) is 6.16. The number of nitrogens with one attached hydrogen (secondary N) is 1. The number of carbonyl (C=O) groups is 1. The average Bonchev–Trinajstić information content (AvgIpc) is 3.17. The fourth-order valence-electron chi connectivity index (χ4n) is 5.33. The monoisotopic (exact) mass is 442 g/mol. The number of likely N-dealkylation sites (tertiary alicyclic amines) is 1. The number of nitrogens with zero attached hydrogens (tertiary/aromatic N) is 1. The van der Waals surface area contributed by atoms with Crippen molar-refractivity contribution in [1.82, 2.24) is 10.2 Å². The maximum atomic E-state index is 12.9. The second-order valence-electron chi connectivity index (χ2n) is 9.19. The number of amides is 1. The zero-order valence-electron chi connectivity index (χ0n) is 18.7. The van der Waals surface area contributed by atoms with Crippen LogP contribution in [0.3, 0.4) is 0 Å². The van der Waals surface area contributed by atoms with E-state index in [0.29, 0.717) is 6.54 Å². The first kappa shape index (κ1) is 21.7. The molecule has 3 aromatic carbocycles. The summed E-state index contributed by atoms with van der Waals surface area (Å²) in [6.45, 7) is 2.51. The molecule has 1 atom stereocenters. The van der Waals surface area contributed by atoms with Gasteiger partial charge < -0.3 is 15.2 Å². The van der Waals surface area contributed by atoms with Crippen molar-refractivity contribution in [2.45, 2.75) is 30.8 Å². The molecule has 0 bridgehead atoms. The lowest BCUT2D eigenvalue weighted by molar-refractivity contribution is 0.0543. The van der Waals surface area contributed by atoms with Gasteiger partial charge in [0.1, 0.15) is 6.61 Å². The average molecular weight is 443 g/mol. The summed E-state index contributed by atoms with van der Waals surface area (Å²) in [5.41, 5.74) is 5.34. The molecule has 1 fully saturated rings. The molecule has 170 valence electrons. The Hall–Kier alpha value is -3.15. The predicted molar refractivity (Wildman–Crippen MR) is 129 cm³/mol. The summed E-state index contributed by atoms with van der Waals surface area (Å²) < 4.78 is 5.74. The summed E-state index contributed by atoms with van der Waals surface area (Å²) in [4.78, 5) is 15.1. The number of hydrogen-bond acceptors (Lipinski definition) is 4. The first-order valence-electron chi connectivity index (χ1n) is 11.7. The number of ether oxygens (including phenoxy) is 1. The van der Waals surface area contributed by atoms with Gasteiger partial charge in [0.15, 0.2) is 0 Å². The van der Waals surface area contributed by atoms with Gasteiger partial charge in [-0.2, -0.15) is 0 Å². The minimum Gasteiger partial charge on any atom is -0.449 e. The molecular formula is C28H30N2O3. The Morgan fingerprint density at radius 3 is 2.27 bits per heavy atom. The molecule has 2 aliphatic rings. The zero-order chi connectivity index (χ0) is 22.7. The lowest BCUT2D eigenvalue weighted by Gasteiger charge is -2.42. The van der Waals surface area contributed by atoms with Gasteiger partial charge in [0.05, 0.1) is 12.1 Å². The molecule has 33 heavy (non-hydrogen) atoms. The molecule has 1 heterocycles. The van der Waals surface area contributed by atoms with Crippen molar-refractivity contribution in [2.24, 2.45) is 0 Å². The van der Waals surface area contributed by atoms with Crippen LogP contribution in [-0.2, 0) is 11.3 Å². The van der Waals surface area contributed by atoms with Crippen molar-refractivity contribution in [2.75, 3.05) is 26.3 Å². The number of hydrogen-bond donors (Lipinski definition) is 2. The minimum absolute atomic E-state index is 0.0224. The van der Waals surface area contributed by atoms with E-state index in [4.69, 9.17) is 4.74 Å². The van der Waals surface area contributed by atoms with Gasteiger partial charge in [-0.3, -0.25) is 4.90 Å². The minimum atomic E-state index is -0.685. The van der Waals surface area contributed by atoms with Gasteiger partial charge in [0, 0.05) is 19.0 Å². The van der Waals surface area contributed by atoms with E-state index in [0.717, 1.165) is 25.9 Å². The Labute approximate surface area is 195 Å². The van der Waals surface area contributed by atoms with Crippen molar-refractivity contribution in [3.05, 3.63) is 95.6 Å². The van der Waals surface area contributed by atoms with E-state index in [2.05, 4.69) is 46.6 Å². The summed E-state index contributed by atoms with van der Waals surface area (Å²) in [6.07, 6.45) is 1.18. The molecule has 2 N–H and O–H groups in total. The molecule has 1 aliphatic carbocycles. The Bertz CT molecular complexity index is 1070.